The van der Waals surface area contributed by atoms with E-state index in [1.807, 2.05) is 6.07 Å². The normalized spacial score (nSPS) is 10.2. The molecule has 0 unspecified atom stereocenters. The second kappa shape index (κ2) is 2.79. The molecule has 64 valence electrons. The summed E-state index contributed by atoms with van der Waals surface area (Å²) in [5.74, 6) is -1.23. The van der Waals surface area contributed by atoms with E-state index in [0.29, 0.717) is 15.0 Å². The molecule has 0 bridgehead atoms. The van der Waals surface area contributed by atoms with Gasteiger partial charge < -0.3 is 0 Å². The Morgan fingerprint density at radius 3 is 2.69 bits per heavy atom. The minimum absolute atomic E-state index is 0.308. The fourth-order valence-corrected chi connectivity index (χ4v) is 2.02. The molecule has 1 heterocycles. The third-order valence-electron chi connectivity index (χ3n) is 1.66. The summed E-state index contributed by atoms with van der Waals surface area (Å²) >= 11 is 1.08. The van der Waals surface area contributed by atoms with Gasteiger partial charge in [-0.05, 0) is 12.1 Å². The average Bonchev–Trinajstić information content (AvgIpc) is 2.47. The van der Waals surface area contributed by atoms with Crippen LogP contribution < -0.4 is 0 Å². The van der Waals surface area contributed by atoms with Crippen molar-refractivity contribution < 1.29 is 8.78 Å². The first-order valence-electron chi connectivity index (χ1n) is 3.49. The summed E-state index contributed by atoms with van der Waals surface area (Å²) in [6.45, 7) is 0. The average molecular weight is 195 g/mol. The highest BCUT2D eigenvalue weighted by molar-refractivity contribution is 7.19. The van der Waals surface area contributed by atoms with Crippen LogP contribution in [0, 0.1) is 23.0 Å². The van der Waals surface area contributed by atoms with Crippen LogP contribution in [0.2, 0.25) is 0 Å². The Morgan fingerprint density at radius 1 is 1.23 bits per heavy atom. The Morgan fingerprint density at radius 2 is 2.00 bits per heavy atom. The zero-order chi connectivity index (χ0) is 9.42. The molecular weight excluding hydrogens is 192 g/mol. The number of thiophene rings is 1. The van der Waals surface area contributed by atoms with Gasteiger partial charge in [-0.1, -0.05) is 0 Å². The van der Waals surface area contributed by atoms with Gasteiger partial charge in [-0.25, -0.2) is 8.78 Å². The summed E-state index contributed by atoms with van der Waals surface area (Å²) in [7, 11) is 0. The van der Waals surface area contributed by atoms with Crippen LogP contribution in [0.1, 0.15) is 4.88 Å². The van der Waals surface area contributed by atoms with E-state index in [1.54, 1.807) is 0 Å². The summed E-state index contributed by atoms with van der Waals surface area (Å²) in [6.07, 6.45) is 0. The smallest absolute Gasteiger partial charge is 0.134 e. The van der Waals surface area contributed by atoms with Crippen molar-refractivity contribution in [3.63, 3.8) is 0 Å². The standard InChI is InChI=1S/C9H3F2NS/c10-5-1-8(11)7-3-6(4-12)13-9(7)2-5/h1-3H. The Hall–Kier alpha value is -1.47. The van der Waals surface area contributed by atoms with Gasteiger partial charge in [0, 0.05) is 16.2 Å². The highest BCUT2D eigenvalue weighted by atomic mass is 32.1. The van der Waals surface area contributed by atoms with Crippen LogP contribution in [0.4, 0.5) is 8.78 Å². The Labute approximate surface area is 76.8 Å². The largest absolute Gasteiger partial charge is 0.207 e. The predicted octanol–water partition coefficient (Wildman–Crippen LogP) is 3.05. The molecule has 13 heavy (non-hydrogen) atoms. The van der Waals surface area contributed by atoms with Crippen LogP contribution in [0.3, 0.4) is 0 Å². The summed E-state index contributed by atoms with van der Waals surface area (Å²) < 4.78 is 26.2. The maximum atomic E-state index is 13.1. The number of halogens is 2. The molecule has 4 heteroatoms. The lowest BCUT2D eigenvalue weighted by Crippen LogP contribution is -1.77. The number of hydrogen-bond acceptors (Lipinski definition) is 2. The molecule has 0 atom stereocenters. The maximum Gasteiger partial charge on any atom is 0.134 e. The number of nitrogens with zero attached hydrogens (tertiary/aromatic N) is 1. The molecule has 0 radical (unpaired) electrons. The molecule has 0 spiro atoms. The number of hydrogen-bond donors (Lipinski definition) is 0. The second-order valence-corrected chi connectivity index (χ2v) is 3.61. The fraction of sp³-hybridized carbons (Fsp3) is 0. The number of benzene rings is 1. The van der Waals surface area contributed by atoms with Crippen molar-refractivity contribution in [2.45, 2.75) is 0 Å². The van der Waals surface area contributed by atoms with Crippen LogP contribution >= 0.6 is 11.3 Å². The van der Waals surface area contributed by atoms with Crippen molar-refractivity contribution in [3.05, 3.63) is 34.7 Å². The Kier molecular flexibility index (Phi) is 1.74. The fourth-order valence-electron chi connectivity index (χ4n) is 1.12. The van der Waals surface area contributed by atoms with Gasteiger partial charge in [0.25, 0.3) is 0 Å². The van der Waals surface area contributed by atoms with Crippen molar-refractivity contribution in [2.24, 2.45) is 0 Å². The van der Waals surface area contributed by atoms with Gasteiger partial charge in [-0.3, -0.25) is 0 Å². The van der Waals surface area contributed by atoms with Crippen LogP contribution in [0.25, 0.3) is 10.1 Å². The Balaban J connectivity index is 2.84. The topological polar surface area (TPSA) is 23.8 Å². The molecule has 2 aromatic rings. The third-order valence-corrected chi connectivity index (χ3v) is 2.65. The van der Waals surface area contributed by atoms with Gasteiger partial charge in [0.1, 0.15) is 22.6 Å². The van der Waals surface area contributed by atoms with Crippen LogP contribution in [0.15, 0.2) is 18.2 Å². The van der Waals surface area contributed by atoms with Gasteiger partial charge >= 0.3 is 0 Å². The van der Waals surface area contributed by atoms with E-state index in [9.17, 15) is 8.78 Å². The second-order valence-electron chi connectivity index (χ2n) is 2.52. The highest BCUT2D eigenvalue weighted by Crippen LogP contribution is 2.27. The first-order chi connectivity index (χ1) is 6.20. The molecule has 0 aliphatic rings. The molecule has 2 rings (SSSR count). The van der Waals surface area contributed by atoms with Crippen LogP contribution in [0.5, 0.6) is 0 Å². The predicted molar refractivity (Wildman–Crippen MR) is 46.5 cm³/mol. The zero-order valence-corrected chi connectivity index (χ0v) is 7.16. The molecule has 1 nitrogen and oxygen atoms in total. The summed E-state index contributed by atoms with van der Waals surface area (Å²) in [5, 5.41) is 8.85. The molecule has 0 aliphatic heterocycles. The van der Waals surface area contributed by atoms with E-state index in [2.05, 4.69) is 0 Å². The van der Waals surface area contributed by atoms with Crippen molar-refractivity contribution in [2.75, 3.05) is 0 Å². The molecule has 0 N–H and O–H groups in total. The number of fused-ring (bicyclic) bond motifs is 1. The lowest BCUT2D eigenvalue weighted by atomic mass is 10.2. The van der Waals surface area contributed by atoms with Crippen molar-refractivity contribution in [1.82, 2.24) is 0 Å². The van der Waals surface area contributed by atoms with Gasteiger partial charge in [-0.2, -0.15) is 5.26 Å². The van der Waals surface area contributed by atoms with Gasteiger partial charge in [0.05, 0.1) is 0 Å². The molecule has 0 aliphatic carbocycles. The summed E-state index contributed by atoms with van der Waals surface area (Å²) in [4.78, 5) is 0.388. The molecule has 0 saturated heterocycles. The molecule has 1 aromatic heterocycles. The first-order valence-corrected chi connectivity index (χ1v) is 4.31. The molecule has 0 fully saturated rings. The monoisotopic (exact) mass is 195 g/mol. The first kappa shape index (κ1) is 8.14. The quantitative estimate of drug-likeness (QED) is 0.633. The van der Waals surface area contributed by atoms with E-state index in [4.69, 9.17) is 5.26 Å². The lowest BCUT2D eigenvalue weighted by Gasteiger charge is -1.91. The summed E-state index contributed by atoms with van der Waals surface area (Å²) in [6, 6.07) is 5.36. The van der Waals surface area contributed by atoms with Gasteiger partial charge in [-0.15, -0.1) is 11.3 Å². The molecule has 0 amide bonds. The highest BCUT2D eigenvalue weighted by Gasteiger charge is 2.07. The Bertz CT molecular complexity index is 510. The van der Waals surface area contributed by atoms with Gasteiger partial charge in [0.2, 0.25) is 0 Å². The molecular formula is C9H3F2NS. The minimum Gasteiger partial charge on any atom is -0.207 e. The van der Waals surface area contributed by atoms with Crippen molar-refractivity contribution in [1.29, 1.82) is 5.26 Å². The number of nitriles is 1. The van der Waals surface area contributed by atoms with E-state index in [0.717, 1.165) is 17.4 Å². The van der Waals surface area contributed by atoms with E-state index in [-0.39, 0.29) is 0 Å². The maximum absolute atomic E-state index is 13.1. The molecule has 1 aromatic carbocycles. The summed E-state index contributed by atoms with van der Waals surface area (Å²) in [5.41, 5.74) is 0. The lowest BCUT2D eigenvalue weighted by molar-refractivity contribution is 0.592. The van der Waals surface area contributed by atoms with E-state index >= 15 is 0 Å². The zero-order valence-electron chi connectivity index (χ0n) is 6.34. The minimum atomic E-state index is -0.618. The molecule has 0 saturated carbocycles. The van der Waals surface area contributed by atoms with Crippen molar-refractivity contribution in [3.8, 4) is 6.07 Å². The number of rotatable bonds is 0. The van der Waals surface area contributed by atoms with Gasteiger partial charge in [0.15, 0.2) is 0 Å². The van der Waals surface area contributed by atoms with E-state index in [1.165, 1.54) is 12.1 Å². The van der Waals surface area contributed by atoms with E-state index < -0.39 is 11.6 Å². The van der Waals surface area contributed by atoms with Crippen molar-refractivity contribution >= 4 is 21.4 Å². The van der Waals surface area contributed by atoms with Crippen LogP contribution in [-0.2, 0) is 0 Å². The SMILES string of the molecule is N#Cc1cc2c(F)cc(F)cc2s1. The third kappa shape index (κ3) is 1.27. The van der Waals surface area contributed by atoms with Crippen LogP contribution in [-0.4, -0.2) is 0 Å².